The Hall–Kier alpha value is -2.43. The first-order chi connectivity index (χ1) is 11.9. The summed E-state index contributed by atoms with van der Waals surface area (Å²) < 4.78 is 13.5. The Morgan fingerprint density at radius 3 is 2.48 bits per heavy atom. The number of nitrogens with zero attached hydrogens (tertiary/aromatic N) is 2. The van der Waals surface area contributed by atoms with E-state index < -0.39 is 5.60 Å². The van der Waals surface area contributed by atoms with Crippen LogP contribution in [0.1, 0.15) is 33.6 Å². The first-order valence-corrected chi connectivity index (χ1v) is 8.78. The summed E-state index contributed by atoms with van der Waals surface area (Å²) in [5, 5.41) is 0. The molecule has 1 fully saturated rings. The highest BCUT2D eigenvalue weighted by atomic mass is 16.6. The second-order valence-electron chi connectivity index (χ2n) is 7.37. The normalized spacial score (nSPS) is 17.6. The van der Waals surface area contributed by atoms with E-state index >= 15 is 0 Å². The smallest absolute Gasteiger partial charge is 0.410 e. The lowest BCUT2D eigenvalue weighted by Crippen LogP contribution is -2.42. The van der Waals surface area contributed by atoms with Gasteiger partial charge in [0.1, 0.15) is 18.0 Å². The summed E-state index contributed by atoms with van der Waals surface area (Å²) in [7, 11) is 0. The van der Waals surface area contributed by atoms with Crippen molar-refractivity contribution >= 4 is 6.09 Å². The van der Waals surface area contributed by atoms with Crippen molar-refractivity contribution in [1.82, 2.24) is 9.47 Å². The maximum atomic E-state index is 12.3. The number of benzene rings is 1. The van der Waals surface area contributed by atoms with Gasteiger partial charge in [0.15, 0.2) is 0 Å². The fraction of sp³-hybridized carbons (Fsp3) is 0.450. The molecule has 0 spiro atoms. The highest BCUT2D eigenvalue weighted by Crippen LogP contribution is 2.22. The third-order valence-corrected chi connectivity index (χ3v) is 4.19. The second-order valence-corrected chi connectivity index (χ2v) is 7.37. The molecule has 1 unspecified atom stereocenters. The molecule has 1 aromatic carbocycles. The molecule has 1 aliphatic rings. The van der Waals surface area contributed by atoms with Crippen LogP contribution in [0.25, 0.3) is 5.69 Å². The standard InChI is InChI=1S/C20H26N2O3/c1-20(2,3)25-19(23)22-14-6-7-17(22)15-24-18-10-8-16(9-11-18)21-12-4-5-13-21/h4-5,8-13,17H,6-7,14-15H2,1-3H3. The molecule has 1 aromatic heterocycles. The molecule has 0 N–H and O–H groups in total. The highest BCUT2D eigenvalue weighted by molar-refractivity contribution is 5.69. The van der Waals surface area contributed by atoms with Crippen LogP contribution in [0.3, 0.4) is 0 Å². The van der Waals surface area contributed by atoms with E-state index in [1.54, 1.807) is 4.90 Å². The molecular formula is C20H26N2O3. The summed E-state index contributed by atoms with van der Waals surface area (Å²) in [6, 6.07) is 12.0. The van der Waals surface area contributed by atoms with E-state index in [1.807, 2.05) is 74.1 Å². The van der Waals surface area contributed by atoms with Crippen molar-refractivity contribution in [2.45, 2.75) is 45.3 Å². The van der Waals surface area contributed by atoms with E-state index in [0.717, 1.165) is 30.8 Å². The first kappa shape index (κ1) is 17.4. The molecule has 0 aliphatic carbocycles. The van der Waals surface area contributed by atoms with Crippen molar-refractivity contribution in [2.75, 3.05) is 13.2 Å². The Bertz CT molecular complexity index is 687. The molecule has 2 heterocycles. The molecule has 5 heteroatoms. The monoisotopic (exact) mass is 342 g/mol. The molecule has 1 saturated heterocycles. The van der Waals surface area contributed by atoms with Gasteiger partial charge in [0.05, 0.1) is 6.04 Å². The SMILES string of the molecule is CC(C)(C)OC(=O)N1CCCC1COc1ccc(-n2cccc2)cc1. The average molecular weight is 342 g/mol. The lowest BCUT2D eigenvalue weighted by Gasteiger charge is -2.28. The summed E-state index contributed by atoms with van der Waals surface area (Å²) in [6.45, 7) is 6.88. The Balaban J connectivity index is 1.56. The van der Waals surface area contributed by atoms with Crippen molar-refractivity contribution in [3.05, 3.63) is 48.8 Å². The largest absolute Gasteiger partial charge is 0.491 e. The second kappa shape index (κ2) is 7.21. The van der Waals surface area contributed by atoms with Crippen molar-refractivity contribution in [3.63, 3.8) is 0 Å². The molecule has 3 rings (SSSR count). The number of hydrogen-bond donors (Lipinski definition) is 0. The third-order valence-electron chi connectivity index (χ3n) is 4.19. The number of carbonyl (C=O) groups is 1. The minimum atomic E-state index is -0.473. The number of likely N-dealkylation sites (tertiary alicyclic amines) is 1. The highest BCUT2D eigenvalue weighted by Gasteiger charge is 2.32. The van der Waals surface area contributed by atoms with Crippen LogP contribution in [-0.4, -0.2) is 40.4 Å². The lowest BCUT2D eigenvalue weighted by molar-refractivity contribution is 0.0187. The van der Waals surface area contributed by atoms with Crippen LogP contribution in [-0.2, 0) is 4.74 Å². The van der Waals surface area contributed by atoms with Gasteiger partial charge in [-0.2, -0.15) is 0 Å². The van der Waals surface area contributed by atoms with Gasteiger partial charge in [-0.1, -0.05) is 0 Å². The van der Waals surface area contributed by atoms with Gasteiger partial charge in [-0.25, -0.2) is 4.79 Å². The maximum Gasteiger partial charge on any atom is 0.410 e. The van der Waals surface area contributed by atoms with Gasteiger partial charge < -0.3 is 18.9 Å². The van der Waals surface area contributed by atoms with Crippen LogP contribution in [0.15, 0.2) is 48.8 Å². The van der Waals surface area contributed by atoms with Crippen molar-refractivity contribution in [2.24, 2.45) is 0 Å². The van der Waals surface area contributed by atoms with Gasteiger partial charge in [0.25, 0.3) is 0 Å². The lowest BCUT2D eigenvalue weighted by atomic mass is 10.2. The van der Waals surface area contributed by atoms with E-state index in [1.165, 1.54) is 0 Å². The molecule has 5 nitrogen and oxygen atoms in total. The zero-order chi connectivity index (χ0) is 17.9. The quantitative estimate of drug-likeness (QED) is 0.834. The van der Waals surface area contributed by atoms with Gasteiger partial charge in [-0.15, -0.1) is 0 Å². The van der Waals surface area contributed by atoms with Crippen molar-refractivity contribution in [1.29, 1.82) is 0 Å². The van der Waals surface area contributed by atoms with E-state index in [9.17, 15) is 4.79 Å². The molecule has 1 aliphatic heterocycles. The minimum Gasteiger partial charge on any atom is -0.491 e. The van der Waals surface area contributed by atoms with E-state index in [-0.39, 0.29) is 12.1 Å². The summed E-state index contributed by atoms with van der Waals surface area (Å²) in [4.78, 5) is 14.1. The number of aromatic nitrogens is 1. The molecule has 0 bridgehead atoms. The van der Waals surface area contributed by atoms with Crippen LogP contribution >= 0.6 is 0 Å². The number of hydrogen-bond acceptors (Lipinski definition) is 3. The first-order valence-electron chi connectivity index (χ1n) is 8.78. The average Bonchev–Trinajstić information content (AvgIpc) is 3.23. The number of amides is 1. The molecule has 134 valence electrons. The van der Waals surface area contributed by atoms with Crippen LogP contribution in [0.2, 0.25) is 0 Å². The Kier molecular flexibility index (Phi) is 5.02. The summed E-state index contributed by atoms with van der Waals surface area (Å²) >= 11 is 0. The number of rotatable bonds is 4. The predicted molar refractivity (Wildman–Crippen MR) is 97.2 cm³/mol. The Morgan fingerprint density at radius 2 is 1.84 bits per heavy atom. The number of ether oxygens (including phenoxy) is 2. The van der Waals surface area contributed by atoms with Gasteiger partial charge >= 0.3 is 6.09 Å². The fourth-order valence-electron chi connectivity index (χ4n) is 2.98. The molecule has 1 atom stereocenters. The van der Waals surface area contributed by atoms with Crippen LogP contribution in [0, 0.1) is 0 Å². The molecule has 25 heavy (non-hydrogen) atoms. The van der Waals surface area contributed by atoms with Gasteiger partial charge in [-0.3, -0.25) is 0 Å². The number of carbonyl (C=O) groups excluding carboxylic acids is 1. The molecule has 1 amide bonds. The van der Waals surface area contributed by atoms with Gasteiger partial charge in [-0.05, 0) is 70.0 Å². The summed E-state index contributed by atoms with van der Waals surface area (Å²) in [6.07, 6.45) is 5.70. The molecule has 0 saturated carbocycles. The zero-order valence-electron chi connectivity index (χ0n) is 15.1. The van der Waals surface area contributed by atoms with E-state index in [4.69, 9.17) is 9.47 Å². The van der Waals surface area contributed by atoms with Crippen LogP contribution in [0.5, 0.6) is 5.75 Å². The summed E-state index contributed by atoms with van der Waals surface area (Å²) in [5.41, 5.74) is 0.618. The molecular weight excluding hydrogens is 316 g/mol. The topological polar surface area (TPSA) is 43.7 Å². The fourth-order valence-corrected chi connectivity index (χ4v) is 2.98. The minimum absolute atomic E-state index is 0.0685. The maximum absolute atomic E-state index is 12.3. The summed E-state index contributed by atoms with van der Waals surface area (Å²) in [5.74, 6) is 0.812. The van der Waals surface area contributed by atoms with Crippen molar-refractivity contribution in [3.8, 4) is 11.4 Å². The van der Waals surface area contributed by atoms with Gasteiger partial charge in [0, 0.05) is 24.6 Å². The van der Waals surface area contributed by atoms with Gasteiger partial charge in [0.2, 0.25) is 0 Å². The molecule has 0 radical (unpaired) electrons. The van der Waals surface area contributed by atoms with Crippen molar-refractivity contribution < 1.29 is 14.3 Å². The Morgan fingerprint density at radius 1 is 1.16 bits per heavy atom. The third kappa shape index (κ3) is 4.56. The van der Waals surface area contributed by atoms with E-state index in [0.29, 0.717) is 6.61 Å². The zero-order valence-corrected chi connectivity index (χ0v) is 15.1. The van der Waals surface area contributed by atoms with E-state index in [2.05, 4.69) is 0 Å². The Labute approximate surface area is 149 Å². The van der Waals surface area contributed by atoms with Crippen LogP contribution in [0.4, 0.5) is 4.79 Å². The van der Waals surface area contributed by atoms with Crippen LogP contribution < -0.4 is 4.74 Å². The molecule has 2 aromatic rings. The predicted octanol–water partition coefficient (Wildman–Crippen LogP) is 4.26.